The van der Waals surface area contributed by atoms with Crippen molar-refractivity contribution in [3.8, 4) is 23.0 Å². The lowest BCUT2D eigenvalue weighted by molar-refractivity contribution is -0.121. The number of rotatable bonds is 6. The lowest BCUT2D eigenvalue weighted by atomic mass is 10.2. The van der Waals surface area contributed by atoms with Crippen LogP contribution in [0.15, 0.2) is 91.0 Å². The van der Waals surface area contributed by atoms with Crippen LogP contribution in [0, 0.1) is 6.92 Å². The number of hydrogen-bond acceptors (Lipinski definition) is 6. The van der Waals surface area contributed by atoms with Gasteiger partial charge in [0.2, 0.25) is 0 Å². The van der Waals surface area contributed by atoms with Crippen LogP contribution >= 0.6 is 0 Å². The van der Waals surface area contributed by atoms with E-state index in [0.29, 0.717) is 39.9 Å². The van der Waals surface area contributed by atoms with Crippen LogP contribution < -0.4 is 19.3 Å². The molecule has 0 atom stereocenters. The van der Waals surface area contributed by atoms with E-state index >= 15 is 0 Å². The first kappa shape index (κ1) is 21.8. The molecule has 5 rings (SSSR count). The predicted octanol–water partition coefficient (Wildman–Crippen LogP) is 4.44. The van der Waals surface area contributed by atoms with Crippen LogP contribution in [0.2, 0.25) is 0 Å². The Balaban J connectivity index is 1.37. The number of anilines is 2. The standard InChI is InChI=1S/C27H18N2O6/c1-17-22(34-20-7-2-5-18(15-20)28-24(30)11-12-25(28)31)9-4-10-23(17)35-21-8-3-6-19(16-21)29-26(32)13-14-27(29)33/h2-16H,1H3. The van der Waals surface area contributed by atoms with Gasteiger partial charge in [-0.2, -0.15) is 0 Å². The van der Waals surface area contributed by atoms with Crippen molar-refractivity contribution in [3.63, 3.8) is 0 Å². The molecule has 0 saturated carbocycles. The smallest absolute Gasteiger partial charge is 0.258 e. The van der Waals surface area contributed by atoms with Crippen molar-refractivity contribution in [2.24, 2.45) is 0 Å². The Labute approximate surface area is 200 Å². The molecule has 0 unspecified atom stereocenters. The molecule has 0 spiro atoms. The minimum absolute atomic E-state index is 0.407. The van der Waals surface area contributed by atoms with Crippen molar-refractivity contribution in [1.29, 1.82) is 0 Å². The van der Waals surface area contributed by atoms with Gasteiger partial charge in [0.25, 0.3) is 23.6 Å². The fourth-order valence-electron chi connectivity index (χ4n) is 3.75. The molecule has 3 aromatic carbocycles. The molecule has 2 aliphatic rings. The zero-order chi connectivity index (χ0) is 24.5. The van der Waals surface area contributed by atoms with Gasteiger partial charge in [-0.15, -0.1) is 0 Å². The van der Waals surface area contributed by atoms with Gasteiger partial charge in [0.15, 0.2) is 0 Å². The molecular formula is C27H18N2O6. The molecule has 2 heterocycles. The van der Waals surface area contributed by atoms with E-state index in [1.54, 1.807) is 66.7 Å². The highest BCUT2D eigenvalue weighted by Crippen LogP contribution is 2.36. The van der Waals surface area contributed by atoms with Gasteiger partial charge in [-0.1, -0.05) is 18.2 Å². The number of imide groups is 2. The lowest BCUT2D eigenvalue weighted by Gasteiger charge is -2.17. The molecule has 0 radical (unpaired) electrons. The number of benzene rings is 3. The predicted molar refractivity (Wildman–Crippen MR) is 127 cm³/mol. The average Bonchev–Trinajstić information content (AvgIpc) is 3.36. The molecule has 35 heavy (non-hydrogen) atoms. The van der Waals surface area contributed by atoms with Gasteiger partial charge in [0, 0.05) is 42.0 Å². The van der Waals surface area contributed by atoms with E-state index in [4.69, 9.17) is 9.47 Å². The summed E-state index contributed by atoms with van der Waals surface area (Å²) in [6, 6.07) is 18.7. The molecular weight excluding hydrogens is 448 g/mol. The Morgan fingerprint density at radius 3 is 1.31 bits per heavy atom. The molecule has 0 N–H and O–H groups in total. The zero-order valence-corrected chi connectivity index (χ0v) is 18.5. The quantitative estimate of drug-likeness (QED) is 0.499. The summed E-state index contributed by atoms with van der Waals surface area (Å²) in [6.07, 6.45) is 4.90. The molecule has 3 aromatic rings. The Hall–Kier alpha value is -4.98. The number of hydrogen-bond donors (Lipinski definition) is 0. The van der Waals surface area contributed by atoms with Crippen molar-refractivity contribution in [1.82, 2.24) is 0 Å². The van der Waals surface area contributed by atoms with Crippen LogP contribution in [-0.4, -0.2) is 23.6 Å². The maximum atomic E-state index is 12.0. The van der Waals surface area contributed by atoms with E-state index in [9.17, 15) is 19.2 Å². The van der Waals surface area contributed by atoms with Crippen LogP contribution in [0.4, 0.5) is 11.4 Å². The third kappa shape index (κ3) is 4.20. The van der Waals surface area contributed by atoms with E-state index in [2.05, 4.69) is 0 Å². The Bertz CT molecular complexity index is 1310. The van der Waals surface area contributed by atoms with E-state index in [1.807, 2.05) is 6.92 Å². The van der Waals surface area contributed by atoms with Crippen LogP contribution in [0.1, 0.15) is 5.56 Å². The zero-order valence-electron chi connectivity index (χ0n) is 18.5. The number of carbonyl (C=O) groups is 4. The summed E-state index contributed by atoms with van der Waals surface area (Å²) >= 11 is 0. The molecule has 4 amide bonds. The van der Waals surface area contributed by atoms with E-state index in [-0.39, 0.29) is 0 Å². The highest BCUT2D eigenvalue weighted by Gasteiger charge is 2.26. The fraction of sp³-hybridized carbons (Fsp3) is 0.0370. The fourth-order valence-corrected chi connectivity index (χ4v) is 3.75. The van der Waals surface area contributed by atoms with Crippen LogP contribution in [-0.2, 0) is 19.2 Å². The van der Waals surface area contributed by atoms with Crippen LogP contribution in [0.3, 0.4) is 0 Å². The summed E-state index contributed by atoms with van der Waals surface area (Å²) in [5, 5.41) is 0. The maximum Gasteiger partial charge on any atom is 0.258 e. The summed E-state index contributed by atoms with van der Waals surface area (Å²) in [6.45, 7) is 1.83. The van der Waals surface area contributed by atoms with Crippen LogP contribution in [0.5, 0.6) is 23.0 Å². The summed E-state index contributed by atoms with van der Waals surface area (Å²) in [7, 11) is 0. The molecule has 2 aliphatic heterocycles. The average molecular weight is 466 g/mol. The summed E-state index contributed by atoms with van der Waals surface area (Å²) < 4.78 is 12.1. The topological polar surface area (TPSA) is 93.2 Å². The van der Waals surface area contributed by atoms with E-state index in [1.165, 1.54) is 24.3 Å². The maximum absolute atomic E-state index is 12.0. The molecule has 8 heteroatoms. The van der Waals surface area contributed by atoms with Gasteiger partial charge >= 0.3 is 0 Å². The first-order valence-electron chi connectivity index (χ1n) is 10.7. The van der Waals surface area contributed by atoms with E-state index in [0.717, 1.165) is 9.80 Å². The minimum Gasteiger partial charge on any atom is -0.457 e. The summed E-state index contributed by atoms with van der Waals surface area (Å²) in [5.41, 5.74) is 1.52. The van der Waals surface area contributed by atoms with Gasteiger partial charge in [-0.05, 0) is 43.3 Å². The van der Waals surface area contributed by atoms with Crippen molar-refractivity contribution in [3.05, 3.63) is 96.6 Å². The highest BCUT2D eigenvalue weighted by atomic mass is 16.5. The third-order valence-corrected chi connectivity index (χ3v) is 5.46. The third-order valence-electron chi connectivity index (χ3n) is 5.46. The highest BCUT2D eigenvalue weighted by molar-refractivity contribution is 6.28. The van der Waals surface area contributed by atoms with Gasteiger partial charge in [-0.3, -0.25) is 19.2 Å². The molecule has 0 saturated heterocycles. The monoisotopic (exact) mass is 466 g/mol. The second kappa shape index (κ2) is 8.75. The first-order chi connectivity index (χ1) is 16.9. The van der Waals surface area contributed by atoms with Gasteiger partial charge < -0.3 is 9.47 Å². The molecule has 8 nitrogen and oxygen atoms in total. The number of nitrogens with zero attached hydrogens (tertiary/aromatic N) is 2. The molecule has 0 aromatic heterocycles. The second-order valence-electron chi connectivity index (χ2n) is 7.77. The van der Waals surface area contributed by atoms with Gasteiger partial charge in [0.1, 0.15) is 23.0 Å². The lowest BCUT2D eigenvalue weighted by Crippen LogP contribution is -2.29. The van der Waals surface area contributed by atoms with Crippen molar-refractivity contribution >= 4 is 35.0 Å². The molecule has 0 aliphatic carbocycles. The minimum atomic E-state index is -0.408. The molecule has 0 bridgehead atoms. The Morgan fingerprint density at radius 2 is 0.914 bits per heavy atom. The molecule has 0 fully saturated rings. The largest absolute Gasteiger partial charge is 0.457 e. The number of carbonyl (C=O) groups excluding carboxylic acids is 4. The molecule has 172 valence electrons. The Kier molecular flexibility index (Phi) is 5.46. The SMILES string of the molecule is Cc1c(Oc2cccc(N3C(=O)C=CC3=O)c2)cccc1Oc1cccc(N2C(=O)C=CC2=O)c1. The van der Waals surface area contributed by atoms with Crippen molar-refractivity contribution < 1.29 is 28.7 Å². The van der Waals surface area contributed by atoms with Crippen molar-refractivity contribution in [2.45, 2.75) is 6.92 Å². The first-order valence-corrected chi connectivity index (χ1v) is 10.7. The van der Waals surface area contributed by atoms with Crippen LogP contribution in [0.25, 0.3) is 0 Å². The second-order valence-corrected chi connectivity index (χ2v) is 7.77. The Morgan fingerprint density at radius 1 is 0.543 bits per heavy atom. The number of ether oxygens (including phenoxy) is 2. The van der Waals surface area contributed by atoms with Gasteiger partial charge in [0.05, 0.1) is 11.4 Å². The summed E-state index contributed by atoms with van der Waals surface area (Å²) in [5.74, 6) is 0.280. The summed E-state index contributed by atoms with van der Waals surface area (Å²) in [4.78, 5) is 50.1. The van der Waals surface area contributed by atoms with Crippen molar-refractivity contribution in [2.75, 3.05) is 9.80 Å². The normalized spacial score (nSPS) is 14.9. The number of amides is 4. The van der Waals surface area contributed by atoms with Gasteiger partial charge in [-0.25, -0.2) is 9.80 Å². The van der Waals surface area contributed by atoms with E-state index < -0.39 is 23.6 Å².